The molecule has 0 aliphatic heterocycles. The lowest BCUT2D eigenvalue weighted by Crippen LogP contribution is -2.54. The van der Waals surface area contributed by atoms with Crippen LogP contribution in [0, 0.1) is 6.92 Å². The normalized spacial score (nSPS) is 11.8. The lowest BCUT2D eigenvalue weighted by molar-refractivity contribution is -0.115. The van der Waals surface area contributed by atoms with E-state index in [0.29, 0.717) is 11.3 Å². The van der Waals surface area contributed by atoms with Crippen LogP contribution < -0.4 is 5.43 Å². The Labute approximate surface area is 210 Å². The van der Waals surface area contributed by atoms with Gasteiger partial charge in [0.15, 0.2) is 0 Å². The summed E-state index contributed by atoms with van der Waals surface area (Å²) in [5.74, 6) is -0.442. The van der Waals surface area contributed by atoms with Gasteiger partial charge in [-0.2, -0.15) is 0 Å². The van der Waals surface area contributed by atoms with Crippen LogP contribution in [-0.4, -0.2) is 34.9 Å². The summed E-state index contributed by atoms with van der Waals surface area (Å²) in [6.07, 6.45) is -1.68. The Morgan fingerprint density at radius 2 is 1.44 bits per heavy atom. The van der Waals surface area contributed by atoms with Crippen molar-refractivity contribution in [3.63, 3.8) is 0 Å². The lowest BCUT2D eigenvalue weighted by Gasteiger charge is -2.29. The van der Waals surface area contributed by atoms with Crippen LogP contribution in [0.15, 0.2) is 89.9 Å². The molecule has 8 heteroatoms. The summed E-state index contributed by atoms with van der Waals surface area (Å²) in [5, 5.41) is 0.986. The first-order chi connectivity index (χ1) is 17.3. The van der Waals surface area contributed by atoms with Gasteiger partial charge in [0.25, 0.3) is 0 Å². The fourth-order valence-corrected chi connectivity index (χ4v) is 3.44. The number of amides is 3. The average Bonchev–Trinajstić information content (AvgIpc) is 2.88. The number of carbonyl (C=O) groups is 3. The van der Waals surface area contributed by atoms with E-state index >= 15 is 0 Å². The molecule has 0 spiro atoms. The second-order valence-corrected chi connectivity index (χ2v) is 8.15. The zero-order valence-electron chi connectivity index (χ0n) is 20.5. The molecule has 8 nitrogen and oxygen atoms in total. The highest BCUT2D eigenvalue weighted by molar-refractivity contribution is 6.10. The number of rotatable bonds is 7. The maximum absolute atomic E-state index is 13.1. The van der Waals surface area contributed by atoms with Gasteiger partial charge in [-0.25, -0.2) is 25.0 Å². The molecule has 0 fully saturated rings. The van der Waals surface area contributed by atoms with Gasteiger partial charge in [-0.05, 0) is 30.5 Å². The first-order valence-electron chi connectivity index (χ1n) is 11.5. The minimum atomic E-state index is -0.858. The highest BCUT2D eigenvalue weighted by Crippen LogP contribution is 2.14. The molecule has 186 valence electrons. The minimum absolute atomic E-state index is 0.00668. The number of carbonyl (C=O) groups excluding carboxylic acids is 3. The van der Waals surface area contributed by atoms with Crippen LogP contribution in [0.4, 0.5) is 9.59 Å². The van der Waals surface area contributed by atoms with E-state index in [2.05, 4.69) is 10.4 Å². The number of aryl methyl sites for hydroxylation is 1. The first-order valence-corrected chi connectivity index (χ1v) is 11.5. The van der Waals surface area contributed by atoms with Gasteiger partial charge in [0, 0.05) is 6.92 Å². The van der Waals surface area contributed by atoms with E-state index in [0.717, 1.165) is 21.7 Å². The van der Waals surface area contributed by atoms with E-state index in [4.69, 9.17) is 9.47 Å². The van der Waals surface area contributed by atoms with Crippen LogP contribution >= 0.6 is 0 Å². The molecule has 1 unspecified atom stereocenters. The van der Waals surface area contributed by atoms with E-state index < -0.39 is 24.1 Å². The fraction of sp³-hybridized carbons (Fsp3) is 0.214. The van der Waals surface area contributed by atoms with Crippen molar-refractivity contribution in [2.24, 2.45) is 4.99 Å². The summed E-state index contributed by atoms with van der Waals surface area (Å²) in [7, 11) is 0. The second-order valence-electron chi connectivity index (χ2n) is 8.15. The van der Waals surface area contributed by atoms with Crippen molar-refractivity contribution < 1.29 is 23.9 Å². The second kappa shape index (κ2) is 12.9. The summed E-state index contributed by atoms with van der Waals surface area (Å²) in [4.78, 5) is 41.9. The lowest BCUT2D eigenvalue weighted by atomic mass is 10.0. The Hall–Kier alpha value is -4.46. The maximum Gasteiger partial charge on any atom is 0.429 e. The van der Waals surface area contributed by atoms with E-state index in [1.165, 1.54) is 6.92 Å². The Kier molecular flexibility index (Phi) is 9.33. The van der Waals surface area contributed by atoms with Crippen molar-refractivity contribution in [3.8, 4) is 0 Å². The highest BCUT2D eigenvalue weighted by atomic mass is 16.6. The molecule has 0 radical (unpaired) electrons. The molecule has 36 heavy (non-hydrogen) atoms. The SMILES string of the molecule is CC(=O)N=C(c1cccc(C)c1)C(C)N(NC(=O)OCc1ccccc1)C(=O)OCc1ccccc1. The van der Waals surface area contributed by atoms with Gasteiger partial charge >= 0.3 is 12.2 Å². The summed E-state index contributed by atoms with van der Waals surface area (Å²) in [6.45, 7) is 4.88. The van der Waals surface area contributed by atoms with Crippen molar-refractivity contribution >= 4 is 23.8 Å². The number of ether oxygens (including phenoxy) is 2. The van der Waals surface area contributed by atoms with Crippen molar-refractivity contribution in [3.05, 3.63) is 107 Å². The van der Waals surface area contributed by atoms with Crippen LogP contribution in [0.2, 0.25) is 0 Å². The fourth-order valence-electron chi connectivity index (χ4n) is 3.44. The molecule has 3 amide bonds. The van der Waals surface area contributed by atoms with Gasteiger partial charge < -0.3 is 9.47 Å². The van der Waals surface area contributed by atoms with E-state index in [1.807, 2.05) is 85.8 Å². The molecular weight excluding hydrogens is 458 g/mol. The van der Waals surface area contributed by atoms with Crippen molar-refractivity contribution in [2.45, 2.75) is 40.0 Å². The maximum atomic E-state index is 13.1. The standard InChI is InChI=1S/C28H29N3O5/c1-20-11-10-16-25(17-20)26(29-22(3)32)21(2)31(28(34)36-19-24-14-8-5-9-15-24)30-27(33)35-18-23-12-6-4-7-13-23/h4-17,21H,18-19H2,1-3H3,(H,30,33). The molecule has 0 heterocycles. The monoisotopic (exact) mass is 487 g/mol. The molecule has 1 N–H and O–H groups in total. The van der Waals surface area contributed by atoms with Crippen LogP contribution in [0.3, 0.4) is 0 Å². The number of hydrazine groups is 1. The van der Waals surface area contributed by atoms with E-state index in [-0.39, 0.29) is 13.2 Å². The van der Waals surface area contributed by atoms with Crippen molar-refractivity contribution in [1.29, 1.82) is 0 Å². The highest BCUT2D eigenvalue weighted by Gasteiger charge is 2.29. The summed E-state index contributed by atoms with van der Waals surface area (Å²) < 4.78 is 10.8. The number of benzene rings is 3. The van der Waals surface area contributed by atoms with Gasteiger partial charge in [-0.3, -0.25) is 4.79 Å². The summed E-state index contributed by atoms with van der Waals surface area (Å²) in [6, 6.07) is 24.8. The number of hydrogen-bond acceptors (Lipinski definition) is 5. The van der Waals surface area contributed by atoms with Gasteiger partial charge in [0.1, 0.15) is 13.2 Å². The zero-order chi connectivity index (χ0) is 25.9. The van der Waals surface area contributed by atoms with Crippen LogP contribution in [-0.2, 0) is 27.5 Å². The number of nitrogens with one attached hydrogen (secondary N) is 1. The topological polar surface area (TPSA) is 97.3 Å². The predicted octanol–water partition coefficient (Wildman–Crippen LogP) is 5.20. The molecule has 0 saturated carbocycles. The molecule has 3 aromatic carbocycles. The van der Waals surface area contributed by atoms with E-state index in [9.17, 15) is 14.4 Å². The molecular formula is C28H29N3O5. The molecule has 3 aromatic rings. The number of nitrogens with zero attached hydrogens (tertiary/aromatic N) is 2. The summed E-state index contributed by atoms with van der Waals surface area (Å²) in [5.41, 5.74) is 5.92. The van der Waals surface area contributed by atoms with Crippen molar-refractivity contribution in [2.75, 3.05) is 0 Å². The van der Waals surface area contributed by atoms with Crippen LogP contribution in [0.5, 0.6) is 0 Å². The van der Waals surface area contributed by atoms with Crippen LogP contribution in [0.1, 0.15) is 36.1 Å². The van der Waals surface area contributed by atoms with Gasteiger partial charge in [-0.15, -0.1) is 0 Å². The smallest absolute Gasteiger partial charge is 0.429 e. The first kappa shape index (κ1) is 26.2. The van der Waals surface area contributed by atoms with Gasteiger partial charge in [-0.1, -0.05) is 90.5 Å². The molecule has 3 rings (SSSR count). The predicted molar refractivity (Wildman–Crippen MR) is 136 cm³/mol. The minimum Gasteiger partial charge on any atom is -0.443 e. The molecule has 1 atom stereocenters. The third kappa shape index (κ3) is 7.80. The quantitative estimate of drug-likeness (QED) is 0.365. The Morgan fingerprint density at radius 3 is 2.00 bits per heavy atom. The third-order valence-corrected chi connectivity index (χ3v) is 5.20. The Bertz CT molecular complexity index is 1210. The molecule has 0 aliphatic rings. The Morgan fingerprint density at radius 1 is 0.861 bits per heavy atom. The van der Waals surface area contributed by atoms with E-state index in [1.54, 1.807) is 13.0 Å². The zero-order valence-corrected chi connectivity index (χ0v) is 20.5. The molecule has 0 aliphatic carbocycles. The largest absolute Gasteiger partial charge is 0.443 e. The number of aliphatic imine (C=N–C) groups is 1. The molecule has 0 saturated heterocycles. The average molecular weight is 488 g/mol. The van der Waals surface area contributed by atoms with Gasteiger partial charge in [0.2, 0.25) is 5.91 Å². The Balaban J connectivity index is 1.84. The molecule has 0 bridgehead atoms. The third-order valence-electron chi connectivity index (χ3n) is 5.20. The van der Waals surface area contributed by atoms with Crippen molar-refractivity contribution in [1.82, 2.24) is 10.4 Å². The molecule has 0 aromatic heterocycles. The summed E-state index contributed by atoms with van der Waals surface area (Å²) >= 11 is 0. The van der Waals surface area contributed by atoms with Gasteiger partial charge in [0.05, 0.1) is 11.8 Å². The van der Waals surface area contributed by atoms with Crippen LogP contribution in [0.25, 0.3) is 0 Å². The number of hydrogen-bond donors (Lipinski definition) is 1.